The average Bonchev–Trinajstić information content (AvgIpc) is 2.86. The van der Waals surface area contributed by atoms with Crippen molar-refractivity contribution in [3.05, 3.63) is 59.7 Å². The van der Waals surface area contributed by atoms with Crippen LogP contribution in [0, 0.1) is 0 Å². The van der Waals surface area contributed by atoms with Gasteiger partial charge in [0.1, 0.15) is 6.04 Å². The number of aryl methyl sites for hydroxylation is 1. The number of carbonyl (C=O) groups excluding carboxylic acids is 3. The Morgan fingerprint density at radius 2 is 1.75 bits per heavy atom. The van der Waals surface area contributed by atoms with Gasteiger partial charge in [-0.1, -0.05) is 31.2 Å². The van der Waals surface area contributed by atoms with Crippen molar-refractivity contribution >= 4 is 29.0 Å². The molecule has 2 amide bonds. The molecule has 2 aromatic carbocycles. The second-order valence-corrected chi connectivity index (χ2v) is 5.74. The monoisotopic (exact) mass is 322 g/mol. The summed E-state index contributed by atoms with van der Waals surface area (Å²) in [6.45, 7) is 3.67. The summed E-state index contributed by atoms with van der Waals surface area (Å²) in [6.07, 6.45) is 0.922. The molecule has 3 rings (SSSR count). The summed E-state index contributed by atoms with van der Waals surface area (Å²) < 4.78 is 0. The van der Waals surface area contributed by atoms with Crippen LogP contribution in [0.3, 0.4) is 0 Å². The van der Waals surface area contributed by atoms with Crippen molar-refractivity contribution in [3.63, 3.8) is 0 Å². The van der Waals surface area contributed by atoms with E-state index in [-0.39, 0.29) is 5.91 Å². The molecule has 0 saturated carbocycles. The van der Waals surface area contributed by atoms with Gasteiger partial charge < -0.3 is 5.32 Å². The van der Waals surface area contributed by atoms with Gasteiger partial charge in [0.05, 0.1) is 11.3 Å². The first-order valence-corrected chi connectivity index (χ1v) is 7.89. The van der Waals surface area contributed by atoms with Crippen molar-refractivity contribution in [1.29, 1.82) is 0 Å². The fourth-order valence-corrected chi connectivity index (χ4v) is 2.78. The maximum Gasteiger partial charge on any atom is 0.300 e. The van der Waals surface area contributed by atoms with Gasteiger partial charge in [0.25, 0.3) is 11.7 Å². The number of nitrogens with one attached hydrogen (secondary N) is 1. The lowest BCUT2D eigenvalue weighted by atomic mass is 10.1. The summed E-state index contributed by atoms with van der Waals surface area (Å²) in [5, 5.41) is 2.79. The Hall–Kier alpha value is -2.95. The molecule has 5 nitrogen and oxygen atoms in total. The Labute approximate surface area is 140 Å². The molecule has 1 aliphatic heterocycles. The second-order valence-electron chi connectivity index (χ2n) is 5.74. The van der Waals surface area contributed by atoms with E-state index >= 15 is 0 Å². The van der Waals surface area contributed by atoms with Crippen molar-refractivity contribution in [1.82, 2.24) is 0 Å². The average molecular weight is 322 g/mol. The minimum Gasteiger partial charge on any atom is -0.324 e. The van der Waals surface area contributed by atoms with Crippen LogP contribution in [-0.4, -0.2) is 23.6 Å². The molecule has 0 spiro atoms. The van der Waals surface area contributed by atoms with Gasteiger partial charge in [-0.25, -0.2) is 0 Å². The van der Waals surface area contributed by atoms with E-state index in [0.29, 0.717) is 16.9 Å². The van der Waals surface area contributed by atoms with Gasteiger partial charge >= 0.3 is 0 Å². The molecule has 0 fully saturated rings. The third kappa shape index (κ3) is 2.69. The number of amides is 2. The maximum atomic E-state index is 12.5. The van der Waals surface area contributed by atoms with Crippen LogP contribution in [0.15, 0.2) is 48.5 Å². The van der Waals surface area contributed by atoms with Crippen LogP contribution in [0.4, 0.5) is 11.4 Å². The van der Waals surface area contributed by atoms with Gasteiger partial charge in [0, 0.05) is 5.69 Å². The molecule has 0 saturated heterocycles. The van der Waals surface area contributed by atoms with Crippen molar-refractivity contribution in [3.8, 4) is 0 Å². The highest BCUT2D eigenvalue weighted by molar-refractivity contribution is 6.52. The quantitative estimate of drug-likeness (QED) is 0.880. The first kappa shape index (κ1) is 15.9. The fourth-order valence-electron chi connectivity index (χ4n) is 2.78. The van der Waals surface area contributed by atoms with E-state index in [1.165, 1.54) is 10.5 Å². The van der Waals surface area contributed by atoms with Crippen molar-refractivity contribution < 1.29 is 14.4 Å². The highest BCUT2D eigenvalue weighted by Gasteiger charge is 2.40. The largest absolute Gasteiger partial charge is 0.324 e. The van der Waals surface area contributed by atoms with Gasteiger partial charge in [-0.3, -0.25) is 19.3 Å². The highest BCUT2D eigenvalue weighted by atomic mass is 16.2. The Bertz CT molecular complexity index is 812. The highest BCUT2D eigenvalue weighted by Crippen LogP contribution is 2.30. The molecule has 0 radical (unpaired) electrons. The number of ketones is 1. The number of hydrogen-bond donors (Lipinski definition) is 1. The summed E-state index contributed by atoms with van der Waals surface area (Å²) in [5.74, 6) is -1.57. The van der Waals surface area contributed by atoms with Crippen LogP contribution in [0.25, 0.3) is 0 Å². The van der Waals surface area contributed by atoms with Gasteiger partial charge in [0.15, 0.2) is 0 Å². The Kier molecular flexibility index (Phi) is 4.16. The number of para-hydroxylation sites is 1. The van der Waals surface area contributed by atoms with Crippen LogP contribution in [0.2, 0.25) is 0 Å². The minimum absolute atomic E-state index is 0.336. The topological polar surface area (TPSA) is 66.5 Å². The molecule has 0 aliphatic carbocycles. The molecule has 0 unspecified atom stereocenters. The van der Waals surface area contributed by atoms with E-state index in [2.05, 4.69) is 12.2 Å². The molecule has 0 aromatic heterocycles. The van der Waals surface area contributed by atoms with Gasteiger partial charge in [-0.15, -0.1) is 0 Å². The molecule has 5 heteroatoms. The minimum atomic E-state index is -0.782. The first-order valence-electron chi connectivity index (χ1n) is 7.89. The van der Waals surface area contributed by atoms with E-state index in [0.717, 1.165) is 6.42 Å². The molecular formula is C19H18N2O3. The van der Waals surface area contributed by atoms with Crippen molar-refractivity contribution in [2.45, 2.75) is 26.3 Å². The predicted molar refractivity (Wildman–Crippen MR) is 92.2 cm³/mol. The summed E-state index contributed by atoms with van der Waals surface area (Å²) in [5.41, 5.74) is 2.66. The number of anilines is 2. The predicted octanol–water partition coefficient (Wildman–Crippen LogP) is 2.81. The molecule has 2 aromatic rings. The smallest absolute Gasteiger partial charge is 0.300 e. The van der Waals surface area contributed by atoms with Gasteiger partial charge in [-0.2, -0.15) is 0 Å². The zero-order valence-electron chi connectivity index (χ0n) is 13.6. The standard InChI is InChI=1S/C19H18N2O3/c1-3-13-8-10-14(11-9-13)20-18(23)12(2)21-16-7-5-4-6-15(16)17(22)19(21)24/h4-12H,3H2,1-2H3,(H,20,23)/t12-/m1/s1. The number of carbonyl (C=O) groups is 3. The van der Waals surface area contributed by atoms with Crippen LogP contribution >= 0.6 is 0 Å². The van der Waals surface area contributed by atoms with Crippen LogP contribution in [0.1, 0.15) is 29.8 Å². The lowest BCUT2D eigenvalue weighted by Gasteiger charge is -2.23. The summed E-state index contributed by atoms with van der Waals surface area (Å²) >= 11 is 0. The molecule has 0 bridgehead atoms. The maximum absolute atomic E-state index is 12.5. The molecule has 1 atom stereocenters. The van der Waals surface area contributed by atoms with Gasteiger partial charge in [-0.05, 0) is 43.2 Å². The van der Waals surface area contributed by atoms with E-state index in [1.807, 2.05) is 24.3 Å². The zero-order valence-corrected chi connectivity index (χ0v) is 13.6. The molecule has 122 valence electrons. The fraction of sp³-hybridized carbons (Fsp3) is 0.211. The van der Waals surface area contributed by atoms with E-state index in [1.54, 1.807) is 31.2 Å². The Balaban J connectivity index is 1.80. The molecular weight excluding hydrogens is 304 g/mol. The molecule has 24 heavy (non-hydrogen) atoms. The van der Waals surface area contributed by atoms with Crippen molar-refractivity contribution in [2.24, 2.45) is 0 Å². The first-order chi connectivity index (χ1) is 11.5. The number of Topliss-reactive ketones (excluding diaryl/α,β-unsaturated/α-hetero) is 1. The summed E-state index contributed by atoms with van der Waals surface area (Å²) in [4.78, 5) is 38.0. The number of benzene rings is 2. The number of nitrogens with zero attached hydrogens (tertiary/aromatic N) is 1. The molecule has 1 heterocycles. The van der Waals surface area contributed by atoms with Crippen LogP contribution in [0.5, 0.6) is 0 Å². The van der Waals surface area contributed by atoms with Crippen LogP contribution < -0.4 is 10.2 Å². The number of rotatable bonds is 4. The number of hydrogen-bond acceptors (Lipinski definition) is 3. The normalized spacial score (nSPS) is 14.5. The zero-order chi connectivity index (χ0) is 17.3. The number of fused-ring (bicyclic) bond motifs is 1. The second kappa shape index (κ2) is 6.28. The SMILES string of the molecule is CCc1ccc(NC(=O)[C@@H](C)N2C(=O)C(=O)c3ccccc32)cc1. The third-order valence-corrected chi connectivity index (χ3v) is 4.22. The van der Waals surface area contributed by atoms with Crippen LogP contribution in [-0.2, 0) is 16.0 Å². The Morgan fingerprint density at radius 1 is 1.08 bits per heavy atom. The van der Waals surface area contributed by atoms with E-state index < -0.39 is 17.7 Å². The third-order valence-electron chi connectivity index (χ3n) is 4.22. The lowest BCUT2D eigenvalue weighted by molar-refractivity contribution is -0.120. The summed E-state index contributed by atoms with van der Waals surface area (Å²) in [6, 6.07) is 13.5. The van der Waals surface area contributed by atoms with Crippen molar-refractivity contribution in [2.75, 3.05) is 10.2 Å². The summed E-state index contributed by atoms with van der Waals surface area (Å²) in [7, 11) is 0. The molecule has 1 aliphatic rings. The van der Waals surface area contributed by atoms with Gasteiger partial charge in [0.2, 0.25) is 5.91 Å². The van der Waals surface area contributed by atoms with E-state index in [4.69, 9.17) is 0 Å². The Morgan fingerprint density at radius 3 is 2.42 bits per heavy atom. The molecule has 1 N–H and O–H groups in total. The lowest BCUT2D eigenvalue weighted by Crippen LogP contribution is -2.45. The van der Waals surface area contributed by atoms with E-state index in [9.17, 15) is 14.4 Å².